The van der Waals surface area contributed by atoms with Gasteiger partial charge in [0.2, 0.25) is 0 Å². The van der Waals surface area contributed by atoms with Crippen molar-refractivity contribution in [3.63, 3.8) is 0 Å². The molecule has 0 saturated carbocycles. The number of benzene rings is 1. The minimum Gasteiger partial charge on any atom is -0.494 e. The van der Waals surface area contributed by atoms with Crippen molar-refractivity contribution in [2.45, 2.75) is 6.92 Å². The van der Waals surface area contributed by atoms with Gasteiger partial charge in [0.15, 0.2) is 11.5 Å². The van der Waals surface area contributed by atoms with Crippen molar-refractivity contribution in [3.05, 3.63) is 21.3 Å². The second kappa shape index (κ2) is 3.95. The summed E-state index contributed by atoms with van der Waals surface area (Å²) in [6.07, 6.45) is 0. The molecule has 0 spiro atoms. The third kappa shape index (κ3) is 1.93. The molecule has 3 nitrogen and oxygen atoms in total. The lowest BCUT2D eigenvalue weighted by molar-refractivity contribution is 0.101. The number of halogens is 1. The number of nitrogens with two attached hydrogens (primary N) is 1. The monoisotopic (exact) mass is 291 g/mol. The molecule has 4 heteroatoms. The predicted molar refractivity (Wildman–Crippen MR) is 60.1 cm³/mol. The largest absolute Gasteiger partial charge is 0.494 e. The highest BCUT2D eigenvalue weighted by molar-refractivity contribution is 14.1. The van der Waals surface area contributed by atoms with Crippen LogP contribution in [-0.2, 0) is 0 Å². The lowest BCUT2D eigenvalue weighted by atomic mass is 10.1. The van der Waals surface area contributed by atoms with Crippen LogP contribution in [0.1, 0.15) is 17.3 Å². The zero-order chi connectivity index (χ0) is 10.0. The Morgan fingerprint density at radius 2 is 2.15 bits per heavy atom. The molecule has 0 aliphatic heterocycles. The Morgan fingerprint density at radius 1 is 1.54 bits per heavy atom. The van der Waals surface area contributed by atoms with Crippen molar-refractivity contribution in [3.8, 4) is 5.75 Å². The van der Waals surface area contributed by atoms with E-state index in [1.165, 1.54) is 14.0 Å². The van der Waals surface area contributed by atoms with E-state index >= 15 is 0 Å². The SMILES string of the molecule is COc1c(N)ccc(I)c1C(C)=O. The Hall–Kier alpha value is -0.780. The van der Waals surface area contributed by atoms with Crippen LogP contribution in [-0.4, -0.2) is 12.9 Å². The van der Waals surface area contributed by atoms with Crippen LogP contribution in [0, 0.1) is 3.57 Å². The zero-order valence-corrected chi connectivity index (χ0v) is 9.58. The first-order valence-corrected chi connectivity index (χ1v) is 4.78. The number of carbonyl (C=O) groups is 1. The number of hydrogen-bond donors (Lipinski definition) is 1. The molecular formula is C9H10INO2. The van der Waals surface area contributed by atoms with Gasteiger partial charge in [-0.05, 0) is 41.6 Å². The van der Waals surface area contributed by atoms with Crippen LogP contribution >= 0.6 is 22.6 Å². The number of Topliss-reactive ketones (excluding diaryl/α,β-unsaturated/α-hetero) is 1. The second-order valence-corrected chi connectivity index (χ2v) is 3.76. The summed E-state index contributed by atoms with van der Waals surface area (Å²) in [6, 6.07) is 3.53. The predicted octanol–water partition coefficient (Wildman–Crippen LogP) is 2.08. The van der Waals surface area contributed by atoms with Crippen molar-refractivity contribution < 1.29 is 9.53 Å². The zero-order valence-electron chi connectivity index (χ0n) is 7.43. The van der Waals surface area contributed by atoms with Gasteiger partial charge in [-0.3, -0.25) is 4.79 Å². The first-order chi connectivity index (χ1) is 6.07. The van der Waals surface area contributed by atoms with Gasteiger partial charge in [-0.25, -0.2) is 0 Å². The molecule has 0 fully saturated rings. The highest BCUT2D eigenvalue weighted by Gasteiger charge is 2.14. The maximum Gasteiger partial charge on any atom is 0.164 e. The fourth-order valence-corrected chi connectivity index (χ4v) is 1.93. The Balaban J connectivity index is 3.43. The second-order valence-electron chi connectivity index (χ2n) is 2.60. The van der Waals surface area contributed by atoms with E-state index in [1.54, 1.807) is 12.1 Å². The number of carbonyl (C=O) groups excluding carboxylic acids is 1. The van der Waals surface area contributed by atoms with Crippen molar-refractivity contribution in [2.24, 2.45) is 0 Å². The number of nitrogen functional groups attached to an aromatic ring is 1. The topological polar surface area (TPSA) is 52.3 Å². The molecule has 2 N–H and O–H groups in total. The standard InChI is InChI=1S/C9H10INO2/c1-5(12)8-6(10)3-4-7(11)9(8)13-2/h3-4H,11H2,1-2H3. The third-order valence-corrected chi connectivity index (χ3v) is 2.59. The molecule has 1 aromatic carbocycles. The van der Waals surface area contributed by atoms with Crippen molar-refractivity contribution in [2.75, 3.05) is 12.8 Å². The summed E-state index contributed by atoms with van der Waals surface area (Å²) < 4.78 is 5.93. The lowest BCUT2D eigenvalue weighted by Crippen LogP contribution is -2.03. The van der Waals surface area contributed by atoms with E-state index in [0.29, 0.717) is 17.0 Å². The first-order valence-electron chi connectivity index (χ1n) is 3.70. The average Bonchev–Trinajstić information content (AvgIpc) is 2.07. The summed E-state index contributed by atoms with van der Waals surface area (Å²) in [5.74, 6) is 0.438. The third-order valence-electron chi connectivity index (χ3n) is 1.69. The van der Waals surface area contributed by atoms with Crippen LogP contribution in [0.4, 0.5) is 5.69 Å². The number of hydrogen-bond acceptors (Lipinski definition) is 3. The summed E-state index contributed by atoms with van der Waals surface area (Å²) in [6.45, 7) is 1.50. The highest BCUT2D eigenvalue weighted by Crippen LogP contribution is 2.30. The van der Waals surface area contributed by atoms with Crippen molar-refractivity contribution in [1.82, 2.24) is 0 Å². The molecule has 0 atom stereocenters. The molecule has 0 amide bonds. The molecule has 0 heterocycles. The molecular weight excluding hydrogens is 281 g/mol. The Kier molecular flexibility index (Phi) is 3.13. The average molecular weight is 291 g/mol. The van der Waals surface area contributed by atoms with Crippen LogP contribution in [0.2, 0.25) is 0 Å². The van der Waals surface area contributed by atoms with E-state index in [-0.39, 0.29) is 5.78 Å². The van der Waals surface area contributed by atoms with Gasteiger partial charge in [0.25, 0.3) is 0 Å². The fraction of sp³-hybridized carbons (Fsp3) is 0.222. The van der Waals surface area contributed by atoms with E-state index in [9.17, 15) is 4.79 Å². The number of rotatable bonds is 2. The number of anilines is 1. The van der Waals surface area contributed by atoms with E-state index in [1.807, 2.05) is 0 Å². The van der Waals surface area contributed by atoms with Gasteiger partial charge in [0.1, 0.15) is 0 Å². The molecule has 0 aromatic heterocycles. The van der Waals surface area contributed by atoms with Gasteiger partial charge in [-0.15, -0.1) is 0 Å². The van der Waals surface area contributed by atoms with Crippen LogP contribution < -0.4 is 10.5 Å². The summed E-state index contributed by atoms with van der Waals surface area (Å²) in [7, 11) is 1.51. The quantitative estimate of drug-likeness (QED) is 0.515. The van der Waals surface area contributed by atoms with Crippen LogP contribution in [0.5, 0.6) is 5.75 Å². The highest BCUT2D eigenvalue weighted by atomic mass is 127. The molecule has 0 bridgehead atoms. The van der Waals surface area contributed by atoms with E-state index in [4.69, 9.17) is 10.5 Å². The lowest BCUT2D eigenvalue weighted by Gasteiger charge is -2.10. The normalized spacial score (nSPS) is 9.77. The molecule has 0 unspecified atom stereocenters. The van der Waals surface area contributed by atoms with Crippen LogP contribution in [0.15, 0.2) is 12.1 Å². The van der Waals surface area contributed by atoms with Crippen molar-refractivity contribution >= 4 is 34.1 Å². The fourth-order valence-electron chi connectivity index (χ4n) is 1.12. The smallest absolute Gasteiger partial charge is 0.164 e. The van der Waals surface area contributed by atoms with Gasteiger partial charge in [0, 0.05) is 3.57 Å². The van der Waals surface area contributed by atoms with Gasteiger partial charge < -0.3 is 10.5 Å². The van der Waals surface area contributed by atoms with E-state index in [2.05, 4.69) is 22.6 Å². The van der Waals surface area contributed by atoms with Gasteiger partial charge in [0.05, 0.1) is 18.4 Å². The first kappa shape index (κ1) is 10.3. The van der Waals surface area contributed by atoms with E-state index in [0.717, 1.165) is 3.57 Å². The van der Waals surface area contributed by atoms with Gasteiger partial charge >= 0.3 is 0 Å². The molecule has 0 aliphatic carbocycles. The molecule has 1 aromatic rings. The minimum absolute atomic E-state index is 0.0337. The maximum absolute atomic E-state index is 11.3. The van der Waals surface area contributed by atoms with E-state index < -0.39 is 0 Å². The maximum atomic E-state index is 11.3. The Morgan fingerprint density at radius 3 is 2.54 bits per heavy atom. The van der Waals surface area contributed by atoms with Crippen molar-refractivity contribution in [1.29, 1.82) is 0 Å². The number of ether oxygens (including phenoxy) is 1. The molecule has 0 aliphatic rings. The number of methoxy groups -OCH3 is 1. The summed E-state index contributed by atoms with van der Waals surface area (Å²) in [5, 5.41) is 0. The summed E-state index contributed by atoms with van der Waals surface area (Å²) >= 11 is 2.08. The summed E-state index contributed by atoms with van der Waals surface area (Å²) in [4.78, 5) is 11.3. The molecule has 70 valence electrons. The summed E-state index contributed by atoms with van der Waals surface area (Å²) in [5.41, 5.74) is 6.71. The minimum atomic E-state index is -0.0337. The molecule has 0 saturated heterocycles. The molecule has 13 heavy (non-hydrogen) atoms. The number of ketones is 1. The molecule has 1 rings (SSSR count). The van der Waals surface area contributed by atoms with Crippen LogP contribution in [0.3, 0.4) is 0 Å². The Labute approximate surface area is 90.4 Å². The molecule has 0 radical (unpaired) electrons. The van der Waals surface area contributed by atoms with Gasteiger partial charge in [-0.1, -0.05) is 0 Å². The van der Waals surface area contributed by atoms with Gasteiger partial charge in [-0.2, -0.15) is 0 Å². The van der Waals surface area contributed by atoms with Crippen LogP contribution in [0.25, 0.3) is 0 Å². The Bertz CT molecular complexity index is 350.